The number of nitrogens with one attached hydrogen (secondary N) is 2. The Morgan fingerprint density at radius 2 is 1.81 bits per heavy atom. The number of carbonyl (C=O) groups excluding carboxylic acids is 1. The van der Waals surface area contributed by atoms with Crippen molar-refractivity contribution >= 4 is 17.3 Å². The highest BCUT2D eigenvalue weighted by Gasteiger charge is 2.22. The molecule has 1 amide bonds. The third-order valence-corrected chi connectivity index (χ3v) is 5.49. The Hall–Kier alpha value is -3.33. The summed E-state index contributed by atoms with van der Waals surface area (Å²) in [6.45, 7) is 0.236. The highest BCUT2D eigenvalue weighted by molar-refractivity contribution is 6.00. The van der Waals surface area contributed by atoms with E-state index >= 15 is 0 Å². The molecule has 1 fully saturated rings. The van der Waals surface area contributed by atoms with Gasteiger partial charge in [-0.15, -0.1) is 0 Å². The molecule has 1 saturated carbocycles. The van der Waals surface area contributed by atoms with E-state index in [-0.39, 0.29) is 29.9 Å². The monoisotopic (exact) mass is 428 g/mol. The Morgan fingerprint density at radius 1 is 1.10 bits per heavy atom. The summed E-state index contributed by atoms with van der Waals surface area (Å²) in [5.74, 6) is 0.755. The molecule has 0 atom stereocenters. The molecule has 0 heterocycles. The second-order valence-corrected chi connectivity index (χ2v) is 7.62. The Morgan fingerprint density at radius 3 is 2.45 bits per heavy atom. The average Bonchev–Trinajstić information content (AvgIpc) is 2.78. The van der Waals surface area contributed by atoms with Crippen LogP contribution in [0.5, 0.6) is 11.5 Å². The van der Waals surface area contributed by atoms with E-state index in [1.54, 1.807) is 32.4 Å². The molecule has 9 heteroatoms. The maximum absolute atomic E-state index is 12.9. The van der Waals surface area contributed by atoms with Gasteiger partial charge in [-0.25, -0.2) is 0 Å². The summed E-state index contributed by atoms with van der Waals surface area (Å²) in [5, 5.41) is 17.4. The molecule has 0 aliphatic heterocycles. The van der Waals surface area contributed by atoms with Crippen LogP contribution in [-0.2, 0) is 6.54 Å². The van der Waals surface area contributed by atoms with E-state index in [1.165, 1.54) is 12.1 Å². The molecular formula is C22H28N4O5. The Balaban J connectivity index is 1.76. The summed E-state index contributed by atoms with van der Waals surface area (Å²) >= 11 is 0. The lowest BCUT2D eigenvalue weighted by Crippen LogP contribution is -2.33. The number of nitro benzene ring substituents is 1. The standard InChI is InChI=1S/C22H28N4O5/c1-30-20-10-3-14(11-21(20)31-2)13-24-22(27)18-12-17(26(28)29)8-9-19(18)25-16-6-4-15(23)5-7-16/h3,8-12,15-16,25H,4-7,13,23H2,1-2H3,(H,24,27). The molecule has 0 aromatic heterocycles. The topological polar surface area (TPSA) is 129 Å². The van der Waals surface area contributed by atoms with Crippen LogP contribution in [0.15, 0.2) is 36.4 Å². The third kappa shape index (κ3) is 5.64. The first-order valence-electron chi connectivity index (χ1n) is 10.2. The van der Waals surface area contributed by atoms with Crippen molar-refractivity contribution in [2.45, 2.75) is 44.3 Å². The van der Waals surface area contributed by atoms with E-state index in [2.05, 4.69) is 10.6 Å². The Kier molecular flexibility index (Phi) is 7.30. The Labute approximate surface area is 181 Å². The van der Waals surface area contributed by atoms with Gasteiger partial charge in [0, 0.05) is 36.4 Å². The molecule has 4 N–H and O–H groups in total. The summed E-state index contributed by atoms with van der Waals surface area (Å²) in [5.41, 5.74) is 7.47. The minimum Gasteiger partial charge on any atom is -0.493 e. The second-order valence-electron chi connectivity index (χ2n) is 7.62. The minimum atomic E-state index is -0.505. The van der Waals surface area contributed by atoms with E-state index < -0.39 is 10.8 Å². The number of nitrogens with two attached hydrogens (primary N) is 1. The van der Waals surface area contributed by atoms with Crippen LogP contribution in [0.2, 0.25) is 0 Å². The largest absolute Gasteiger partial charge is 0.493 e. The lowest BCUT2D eigenvalue weighted by Gasteiger charge is -2.28. The van der Waals surface area contributed by atoms with Crippen LogP contribution in [-0.4, -0.2) is 37.1 Å². The fourth-order valence-electron chi connectivity index (χ4n) is 3.71. The van der Waals surface area contributed by atoms with Crippen molar-refractivity contribution in [2.24, 2.45) is 5.73 Å². The van der Waals surface area contributed by atoms with Gasteiger partial charge in [-0.05, 0) is 49.4 Å². The molecule has 1 aliphatic carbocycles. The molecule has 2 aromatic carbocycles. The summed E-state index contributed by atoms with van der Waals surface area (Å²) in [7, 11) is 3.09. The smallest absolute Gasteiger partial charge is 0.270 e. The van der Waals surface area contributed by atoms with Gasteiger partial charge in [0.1, 0.15) is 0 Å². The van der Waals surface area contributed by atoms with Crippen LogP contribution in [0.3, 0.4) is 0 Å². The summed E-state index contributed by atoms with van der Waals surface area (Å²) in [6.07, 6.45) is 3.60. The van der Waals surface area contributed by atoms with Crippen molar-refractivity contribution in [2.75, 3.05) is 19.5 Å². The van der Waals surface area contributed by atoms with Crippen LogP contribution in [0, 0.1) is 10.1 Å². The van der Waals surface area contributed by atoms with Crippen molar-refractivity contribution in [3.8, 4) is 11.5 Å². The summed E-state index contributed by atoms with van der Waals surface area (Å²) < 4.78 is 10.5. The highest BCUT2D eigenvalue weighted by Crippen LogP contribution is 2.29. The first kappa shape index (κ1) is 22.4. The highest BCUT2D eigenvalue weighted by atomic mass is 16.6. The number of non-ortho nitro benzene ring substituents is 1. The molecule has 0 saturated heterocycles. The molecule has 2 aromatic rings. The van der Waals surface area contributed by atoms with E-state index in [0.717, 1.165) is 31.2 Å². The molecule has 0 spiro atoms. The fraction of sp³-hybridized carbons (Fsp3) is 0.409. The Bertz CT molecular complexity index is 941. The van der Waals surface area contributed by atoms with Gasteiger partial charge < -0.3 is 25.8 Å². The van der Waals surface area contributed by atoms with E-state index in [9.17, 15) is 14.9 Å². The number of amides is 1. The number of anilines is 1. The van der Waals surface area contributed by atoms with Gasteiger partial charge in [0.15, 0.2) is 11.5 Å². The average molecular weight is 428 g/mol. The molecule has 0 radical (unpaired) electrons. The number of hydrogen-bond acceptors (Lipinski definition) is 7. The van der Waals surface area contributed by atoms with Crippen LogP contribution in [0.25, 0.3) is 0 Å². The molecule has 3 rings (SSSR count). The van der Waals surface area contributed by atoms with Gasteiger partial charge in [-0.2, -0.15) is 0 Å². The zero-order valence-electron chi connectivity index (χ0n) is 17.7. The molecule has 9 nitrogen and oxygen atoms in total. The van der Waals surface area contributed by atoms with Gasteiger partial charge in [0.25, 0.3) is 11.6 Å². The summed E-state index contributed by atoms with van der Waals surface area (Å²) in [4.78, 5) is 23.7. The number of methoxy groups -OCH3 is 2. The van der Waals surface area contributed by atoms with Crippen LogP contribution in [0.1, 0.15) is 41.6 Å². The van der Waals surface area contributed by atoms with Gasteiger partial charge in [0.05, 0.1) is 24.7 Å². The van der Waals surface area contributed by atoms with E-state index in [0.29, 0.717) is 17.2 Å². The van der Waals surface area contributed by atoms with Crippen molar-refractivity contribution < 1.29 is 19.2 Å². The molecule has 0 bridgehead atoms. The lowest BCUT2D eigenvalue weighted by molar-refractivity contribution is -0.384. The second kappa shape index (κ2) is 10.1. The van der Waals surface area contributed by atoms with Crippen LogP contribution in [0.4, 0.5) is 11.4 Å². The molecular weight excluding hydrogens is 400 g/mol. The maximum atomic E-state index is 12.9. The first-order chi connectivity index (χ1) is 14.9. The number of ether oxygens (including phenoxy) is 2. The summed E-state index contributed by atoms with van der Waals surface area (Å²) in [6, 6.07) is 10.0. The third-order valence-electron chi connectivity index (χ3n) is 5.49. The van der Waals surface area contributed by atoms with Crippen LogP contribution >= 0.6 is 0 Å². The quantitative estimate of drug-likeness (QED) is 0.435. The minimum absolute atomic E-state index is 0.132. The zero-order valence-corrected chi connectivity index (χ0v) is 17.7. The van der Waals surface area contributed by atoms with Crippen molar-refractivity contribution in [1.29, 1.82) is 0 Å². The van der Waals surface area contributed by atoms with Crippen molar-refractivity contribution in [3.05, 3.63) is 57.6 Å². The first-order valence-corrected chi connectivity index (χ1v) is 10.2. The molecule has 31 heavy (non-hydrogen) atoms. The van der Waals surface area contributed by atoms with Crippen LogP contribution < -0.4 is 25.8 Å². The normalized spacial score (nSPS) is 18.2. The SMILES string of the molecule is COc1ccc(CNC(=O)c2cc([N+](=O)[O-])ccc2NC2CCC(N)CC2)cc1OC. The van der Waals surface area contributed by atoms with Gasteiger partial charge in [0.2, 0.25) is 0 Å². The molecule has 0 unspecified atom stereocenters. The number of nitro groups is 1. The predicted octanol–water partition coefficient (Wildman–Crippen LogP) is 3.22. The van der Waals surface area contributed by atoms with Gasteiger partial charge in [-0.1, -0.05) is 6.07 Å². The zero-order chi connectivity index (χ0) is 22.4. The maximum Gasteiger partial charge on any atom is 0.270 e. The predicted molar refractivity (Wildman–Crippen MR) is 118 cm³/mol. The van der Waals surface area contributed by atoms with Crippen molar-refractivity contribution in [3.63, 3.8) is 0 Å². The number of benzene rings is 2. The number of nitrogens with zero attached hydrogens (tertiary/aromatic N) is 1. The van der Waals surface area contributed by atoms with Gasteiger partial charge >= 0.3 is 0 Å². The van der Waals surface area contributed by atoms with E-state index in [4.69, 9.17) is 15.2 Å². The number of hydrogen-bond donors (Lipinski definition) is 3. The lowest BCUT2D eigenvalue weighted by atomic mass is 9.91. The van der Waals surface area contributed by atoms with Gasteiger partial charge in [-0.3, -0.25) is 14.9 Å². The number of rotatable bonds is 8. The number of carbonyl (C=O) groups is 1. The van der Waals surface area contributed by atoms with Crippen molar-refractivity contribution in [1.82, 2.24) is 5.32 Å². The molecule has 1 aliphatic rings. The molecule has 166 valence electrons. The fourth-order valence-corrected chi connectivity index (χ4v) is 3.71. The van der Waals surface area contributed by atoms with E-state index in [1.807, 2.05) is 6.07 Å².